The lowest BCUT2D eigenvalue weighted by atomic mass is 10.6. The summed E-state index contributed by atoms with van der Waals surface area (Å²) in [5.74, 6) is -4.38. The summed E-state index contributed by atoms with van der Waals surface area (Å²) in [6, 6.07) is 0. The molecule has 0 aliphatic carbocycles. The van der Waals surface area contributed by atoms with Crippen LogP contribution in [0.2, 0.25) is 0 Å². The summed E-state index contributed by atoms with van der Waals surface area (Å²) in [5, 5.41) is 32.9. The van der Waals surface area contributed by atoms with Gasteiger partial charge in [-0.15, -0.1) is 0 Å². The summed E-state index contributed by atoms with van der Waals surface area (Å²) in [7, 11) is -0.111. The highest BCUT2D eigenvalue weighted by molar-refractivity contribution is 7.37. The molecule has 0 radical (unpaired) electrons. The lowest BCUT2D eigenvalue weighted by Gasteiger charge is -2.18. The first-order valence-corrected chi connectivity index (χ1v) is 3.58. The van der Waals surface area contributed by atoms with E-state index in [-0.39, 0.29) is 8.58 Å². The Hall–Kier alpha value is 0.270. The first kappa shape index (κ1) is 8.27. The van der Waals surface area contributed by atoms with Gasteiger partial charge in [0.05, 0.1) is 0 Å². The van der Waals surface area contributed by atoms with E-state index in [0.717, 1.165) is 0 Å². The molecule has 4 nitrogen and oxygen atoms in total. The normalized spacial score (nSPS) is 17.6. The Balaban J connectivity index is 3.62. The molecule has 0 aliphatic rings. The maximum absolute atomic E-state index is 8.46. The first-order valence-electron chi connectivity index (χ1n) is 2.01. The second-order valence-corrected chi connectivity index (χ2v) is 2.50. The zero-order valence-corrected chi connectivity index (χ0v) is 5.37. The van der Waals surface area contributed by atoms with Crippen LogP contribution in [0, 0.1) is 0 Å². The topological polar surface area (TPSA) is 80.9 Å². The molecule has 0 fully saturated rings. The number of aliphatic hydroxyl groups is 4. The number of rotatable bonds is 2. The Kier molecular flexibility index (Phi) is 2.80. The van der Waals surface area contributed by atoms with Gasteiger partial charge < -0.3 is 20.4 Å². The van der Waals surface area contributed by atoms with E-state index in [0.29, 0.717) is 0 Å². The van der Waals surface area contributed by atoms with E-state index in [4.69, 9.17) is 20.4 Å². The standard InChI is InChI=1S/C3H9O4P/c1-8-2(4)3(5,6)7/h2,4-8H,1H3. The Morgan fingerprint density at radius 3 is 1.75 bits per heavy atom. The Morgan fingerprint density at radius 1 is 1.38 bits per heavy atom. The smallest absolute Gasteiger partial charge is 0.306 e. The predicted octanol–water partition coefficient (Wildman–Crippen LogP) is -1.76. The third-order valence-corrected chi connectivity index (χ3v) is 1.57. The van der Waals surface area contributed by atoms with Gasteiger partial charge in [-0.05, 0) is 6.66 Å². The van der Waals surface area contributed by atoms with Crippen LogP contribution in [0.1, 0.15) is 0 Å². The van der Waals surface area contributed by atoms with Gasteiger partial charge in [0.2, 0.25) is 0 Å². The molecule has 0 amide bonds. The van der Waals surface area contributed by atoms with Crippen LogP contribution in [0.4, 0.5) is 0 Å². The maximum Gasteiger partial charge on any atom is 0.306 e. The molecular formula is C3H9O4P. The van der Waals surface area contributed by atoms with Crippen LogP contribution in [-0.4, -0.2) is 38.9 Å². The van der Waals surface area contributed by atoms with Crippen molar-refractivity contribution < 1.29 is 20.4 Å². The van der Waals surface area contributed by atoms with Crippen LogP contribution in [0.5, 0.6) is 0 Å². The quantitative estimate of drug-likeness (QED) is 0.270. The number of hydrogen-bond acceptors (Lipinski definition) is 4. The van der Waals surface area contributed by atoms with Crippen molar-refractivity contribution in [2.45, 2.75) is 11.8 Å². The molecule has 0 saturated carbocycles. The molecule has 0 heterocycles. The SMILES string of the molecule is CPC(O)C(O)(O)O. The van der Waals surface area contributed by atoms with Gasteiger partial charge in [0.25, 0.3) is 0 Å². The van der Waals surface area contributed by atoms with Crippen molar-refractivity contribution in [1.29, 1.82) is 0 Å². The van der Waals surface area contributed by atoms with Crippen LogP contribution < -0.4 is 0 Å². The van der Waals surface area contributed by atoms with Crippen molar-refractivity contribution in [3.8, 4) is 0 Å². The molecule has 0 aromatic heterocycles. The van der Waals surface area contributed by atoms with Crippen molar-refractivity contribution in [3.63, 3.8) is 0 Å². The molecule has 8 heavy (non-hydrogen) atoms. The van der Waals surface area contributed by atoms with E-state index in [2.05, 4.69) is 0 Å². The van der Waals surface area contributed by atoms with Crippen LogP contribution >= 0.6 is 8.58 Å². The van der Waals surface area contributed by atoms with E-state index in [9.17, 15) is 0 Å². The highest BCUT2D eigenvalue weighted by Crippen LogP contribution is 2.18. The molecule has 0 aromatic carbocycles. The van der Waals surface area contributed by atoms with E-state index in [1.165, 1.54) is 0 Å². The Labute approximate surface area is 48.6 Å². The molecule has 0 rings (SSSR count). The molecule has 0 aromatic rings. The third-order valence-electron chi connectivity index (χ3n) is 0.640. The van der Waals surface area contributed by atoms with Gasteiger partial charge in [-0.3, -0.25) is 0 Å². The summed E-state index contributed by atoms with van der Waals surface area (Å²) in [6.07, 6.45) is 0. The van der Waals surface area contributed by atoms with Crippen LogP contribution in [0.15, 0.2) is 0 Å². The van der Waals surface area contributed by atoms with E-state index in [1.54, 1.807) is 6.66 Å². The second kappa shape index (κ2) is 2.71. The Morgan fingerprint density at radius 2 is 1.75 bits per heavy atom. The molecule has 50 valence electrons. The minimum absolute atomic E-state index is 0.111. The zero-order chi connectivity index (χ0) is 6.78. The van der Waals surface area contributed by atoms with Crippen molar-refractivity contribution in [2.75, 3.05) is 6.66 Å². The zero-order valence-electron chi connectivity index (χ0n) is 4.37. The molecule has 0 aliphatic heterocycles. The minimum atomic E-state index is -2.92. The fourth-order valence-corrected chi connectivity index (χ4v) is 0.581. The van der Waals surface area contributed by atoms with Gasteiger partial charge in [0, 0.05) is 0 Å². The van der Waals surface area contributed by atoms with Gasteiger partial charge >= 0.3 is 5.97 Å². The van der Waals surface area contributed by atoms with Crippen LogP contribution in [-0.2, 0) is 0 Å². The van der Waals surface area contributed by atoms with Crippen molar-refractivity contribution >= 4 is 8.58 Å². The summed E-state index contributed by atoms with van der Waals surface area (Å²) < 4.78 is 0. The average molecular weight is 140 g/mol. The van der Waals surface area contributed by atoms with E-state index >= 15 is 0 Å². The molecule has 0 spiro atoms. The number of aliphatic hydroxyl groups excluding tert-OH is 1. The summed E-state index contributed by atoms with van der Waals surface area (Å²) in [5.41, 5.74) is 0. The summed E-state index contributed by atoms with van der Waals surface area (Å²) in [6.45, 7) is 1.54. The molecular weight excluding hydrogens is 131 g/mol. The maximum atomic E-state index is 8.46. The highest BCUT2D eigenvalue weighted by Gasteiger charge is 2.27. The van der Waals surface area contributed by atoms with Crippen molar-refractivity contribution in [1.82, 2.24) is 0 Å². The van der Waals surface area contributed by atoms with Gasteiger partial charge in [-0.25, -0.2) is 0 Å². The van der Waals surface area contributed by atoms with Gasteiger partial charge in [-0.2, -0.15) is 0 Å². The lowest BCUT2D eigenvalue weighted by Crippen LogP contribution is -2.38. The van der Waals surface area contributed by atoms with Gasteiger partial charge in [-0.1, -0.05) is 8.58 Å². The van der Waals surface area contributed by atoms with Gasteiger partial charge in [0.15, 0.2) is 5.85 Å². The molecule has 2 atom stereocenters. The van der Waals surface area contributed by atoms with Crippen LogP contribution in [0.25, 0.3) is 0 Å². The third kappa shape index (κ3) is 2.55. The molecule has 4 N–H and O–H groups in total. The fraction of sp³-hybridized carbons (Fsp3) is 1.00. The van der Waals surface area contributed by atoms with Crippen LogP contribution in [0.3, 0.4) is 0 Å². The van der Waals surface area contributed by atoms with Crippen molar-refractivity contribution in [3.05, 3.63) is 0 Å². The second-order valence-electron chi connectivity index (χ2n) is 1.38. The van der Waals surface area contributed by atoms with E-state index in [1.807, 2.05) is 0 Å². The first-order chi connectivity index (χ1) is 3.48. The van der Waals surface area contributed by atoms with Gasteiger partial charge in [0.1, 0.15) is 0 Å². The summed E-state index contributed by atoms with van der Waals surface area (Å²) >= 11 is 0. The van der Waals surface area contributed by atoms with E-state index < -0.39 is 11.8 Å². The lowest BCUT2D eigenvalue weighted by molar-refractivity contribution is -0.336. The largest absolute Gasteiger partial charge is 0.380 e. The van der Waals surface area contributed by atoms with Crippen molar-refractivity contribution in [2.24, 2.45) is 0 Å². The number of hydrogen-bond donors (Lipinski definition) is 4. The monoisotopic (exact) mass is 140 g/mol. The Bertz CT molecular complexity index is 68.2. The molecule has 5 heteroatoms. The summed E-state index contributed by atoms with van der Waals surface area (Å²) in [4.78, 5) is 0. The molecule has 2 unspecified atom stereocenters. The average Bonchev–Trinajstić information content (AvgIpc) is 1.62. The minimum Gasteiger partial charge on any atom is -0.380 e. The highest BCUT2D eigenvalue weighted by atomic mass is 31.1. The molecule has 0 saturated heterocycles. The predicted molar refractivity (Wildman–Crippen MR) is 29.6 cm³/mol. The fourth-order valence-electron chi connectivity index (χ4n) is 0.194. The molecule has 0 bridgehead atoms.